The molecular weight excluding hydrogens is 297 g/mol. The van der Waals surface area contributed by atoms with Crippen LogP contribution in [-0.4, -0.2) is 24.8 Å². The van der Waals surface area contributed by atoms with Crippen LogP contribution < -0.4 is 5.43 Å². The van der Waals surface area contributed by atoms with Crippen molar-refractivity contribution in [3.63, 3.8) is 0 Å². The van der Waals surface area contributed by atoms with E-state index in [2.05, 4.69) is 20.5 Å². The van der Waals surface area contributed by atoms with E-state index in [1.165, 1.54) is 37.6 Å². The number of benzene rings is 2. The van der Waals surface area contributed by atoms with Crippen molar-refractivity contribution >= 4 is 23.4 Å². The van der Waals surface area contributed by atoms with Gasteiger partial charge in [0.2, 0.25) is 5.78 Å². The molecule has 0 atom stereocenters. The van der Waals surface area contributed by atoms with Crippen molar-refractivity contribution in [2.75, 3.05) is 12.5 Å². The van der Waals surface area contributed by atoms with Crippen molar-refractivity contribution < 1.29 is 14.0 Å². The van der Waals surface area contributed by atoms with Gasteiger partial charge in [-0.15, -0.1) is 0 Å². The number of carbonyl (C=O) groups excluding carboxylic acids is 1. The number of hydrogen-bond donors (Lipinski definition) is 1. The molecule has 0 aliphatic carbocycles. The first kappa shape index (κ1) is 16.4. The molecular formula is C17H16FN3O2. The molecule has 0 amide bonds. The molecule has 23 heavy (non-hydrogen) atoms. The molecule has 5 nitrogen and oxygen atoms in total. The van der Waals surface area contributed by atoms with Gasteiger partial charge < -0.3 is 4.84 Å². The molecule has 6 heteroatoms. The third kappa shape index (κ3) is 4.74. The second-order valence-corrected chi connectivity index (χ2v) is 4.73. The minimum atomic E-state index is -0.414. The van der Waals surface area contributed by atoms with Gasteiger partial charge in [-0.05, 0) is 43.3 Å². The predicted octanol–water partition coefficient (Wildman–Crippen LogP) is 3.42. The number of nitrogens with one attached hydrogen (secondary N) is 1. The van der Waals surface area contributed by atoms with Crippen molar-refractivity contribution in [1.82, 2.24) is 0 Å². The molecule has 0 bridgehead atoms. The number of ketones is 1. The Morgan fingerprint density at radius 3 is 2.39 bits per heavy atom. The lowest BCUT2D eigenvalue weighted by atomic mass is 10.1. The van der Waals surface area contributed by atoms with E-state index in [0.29, 0.717) is 5.56 Å². The Kier molecular flexibility index (Phi) is 5.57. The Morgan fingerprint density at radius 1 is 1.13 bits per heavy atom. The van der Waals surface area contributed by atoms with Crippen molar-refractivity contribution in [3.8, 4) is 0 Å². The Labute approximate surface area is 133 Å². The molecule has 0 fully saturated rings. The highest BCUT2D eigenvalue weighted by molar-refractivity contribution is 6.64. The number of halogens is 1. The number of carbonyl (C=O) groups is 1. The zero-order valence-electron chi connectivity index (χ0n) is 12.8. The van der Waals surface area contributed by atoms with Gasteiger partial charge in [0.15, 0.2) is 5.71 Å². The number of Topliss-reactive ketones (excluding diaryl/α,β-unsaturated/α-hetero) is 1. The van der Waals surface area contributed by atoms with Crippen LogP contribution in [0.3, 0.4) is 0 Å². The van der Waals surface area contributed by atoms with Crippen LogP contribution in [-0.2, 0) is 4.84 Å². The molecule has 0 aromatic heterocycles. The third-order valence-electron chi connectivity index (χ3n) is 2.98. The van der Waals surface area contributed by atoms with E-state index in [4.69, 9.17) is 0 Å². The largest absolute Gasteiger partial charge is 0.399 e. The average Bonchev–Trinajstić information content (AvgIpc) is 2.56. The fourth-order valence-electron chi connectivity index (χ4n) is 1.74. The maximum absolute atomic E-state index is 13.0. The van der Waals surface area contributed by atoms with E-state index in [1.54, 1.807) is 0 Å². The summed E-state index contributed by atoms with van der Waals surface area (Å²) >= 11 is 0. The van der Waals surface area contributed by atoms with E-state index in [0.717, 1.165) is 11.3 Å². The summed E-state index contributed by atoms with van der Waals surface area (Å²) < 4.78 is 13.0. The Morgan fingerprint density at radius 2 is 1.78 bits per heavy atom. The highest BCUT2D eigenvalue weighted by Crippen LogP contribution is 2.09. The number of aryl methyl sites for hydroxylation is 1. The van der Waals surface area contributed by atoms with E-state index in [9.17, 15) is 9.18 Å². The molecule has 2 aromatic rings. The summed E-state index contributed by atoms with van der Waals surface area (Å²) in [6, 6.07) is 12.7. The topological polar surface area (TPSA) is 63.1 Å². The lowest BCUT2D eigenvalue weighted by Crippen LogP contribution is -2.18. The summed E-state index contributed by atoms with van der Waals surface area (Å²) in [6.07, 6.45) is 1.20. The van der Waals surface area contributed by atoms with Crippen LogP contribution in [0.15, 0.2) is 58.8 Å². The first-order chi connectivity index (χ1) is 11.1. The molecule has 0 saturated heterocycles. The summed E-state index contributed by atoms with van der Waals surface area (Å²) in [7, 11) is 1.36. The maximum Gasteiger partial charge on any atom is 0.214 e. The summed E-state index contributed by atoms with van der Waals surface area (Å²) in [5.41, 5.74) is 4.98. The van der Waals surface area contributed by atoms with Gasteiger partial charge in [-0.25, -0.2) is 4.39 Å². The molecule has 2 aromatic carbocycles. The number of hydrazone groups is 1. The van der Waals surface area contributed by atoms with Crippen LogP contribution in [0.1, 0.15) is 15.9 Å². The van der Waals surface area contributed by atoms with Crippen LogP contribution >= 0.6 is 0 Å². The van der Waals surface area contributed by atoms with Crippen LogP contribution in [0.25, 0.3) is 0 Å². The minimum absolute atomic E-state index is 0.0408. The number of rotatable bonds is 6. The van der Waals surface area contributed by atoms with Gasteiger partial charge in [0.05, 0.1) is 11.9 Å². The second-order valence-electron chi connectivity index (χ2n) is 4.73. The van der Waals surface area contributed by atoms with E-state index < -0.39 is 11.6 Å². The normalized spacial score (nSPS) is 11.5. The van der Waals surface area contributed by atoms with Gasteiger partial charge in [0.1, 0.15) is 12.9 Å². The first-order valence-corrected chi connectivity index (χ1v) is 6.87. The van der Waals surface area contributed by atoms with Gasteiger partial charge in [0, 0.05) is 5.56 Å². The molecule has 1 N–H and O–H groups in total. The van der Waals surface area contributed by atoms with E-state index >= 15 is 0 Å². The Bertz CT molecular complexity index is 723. The zero-order chi connectivity index (χ0) is 16.7. The standard InChI is InChI=1S/C17H16FN3O2/c1-12-3-9-15(10-4-12)20-21-16(11-19-23-2)17(22)13-5-7-14(18)8-6-13/h3-11,20H,1-2H3/b19-11+,21-16+. The summed E-state index contributed by atoms with van der Waals surface area (Å²) in [5, 5.41) is 7.63. The third-order valence-corrected chi connectivity index (χ3v) is 2.98. The van der Waals surface area contributed by atoms with Gasteiger partial charge in [-0.3, -0.25) is 10.2 Å². The fraction of sp³-hybridized carbons (Fsp3) is 0.118. The van der Waals surface area contributed by atoms with Crippen molar-refractivity contribution in [2.24, 2.45) is 10.3 Å². The summed E-state index contributed by atoms with van der Waals surface area (Å²) in [5.74, 6) is -0.811. The van der Waals surface area contributed by atoms with Gasteiger partial charge in [-0.1, -0.05) is 22.9 Å². The van der Waals surface area contributed by atoms with Crippen LogP contribution in [0.5, 0.6) is 0 Å². The summed E-state index contributed by atoms with van der Waals surface area (Å²) in [4.78, 5) is 17.0. The van der Waals surface area contributed by atoms with Crippen molar-refractivity contribution in [3.05, 3.63) is 65.5 Å². The van der Waals surface area contributed by atoms with Crippen LogP contribution in [0.2, 0.25) is 0 Å². The zero-order valence-corrected chi connectivity index (χ0v) is 12.8. The highest BCUT2D eigenvalue weighted by atomic mass is 19.1. The Balaban J connectivity index is 2.23. The van der Waals surface area contributed by atoms with Crippen molar-refractivity contribution in [1.29, 1.82) is 0 Å². The molecule has 0 unspecified atom stereocenters. The quantitative estimate of drug-likeness (QED) is 0.505. The van der Waals surface area contributed by atoms with Crippen LogP contribution in [0.4, 0.5) is 10.1 Å². The second kappa shape index (κ2) is 7.84. The number of hydrogen-bond acceptors (Lipinski definition) is 5. The predicted molar refractivity (Wildman–Crippen MR) is 88.5 cm³/mol. The van der Waals surface area contributed by atoms with Gasteiger partial charge in [-0.2, -0.15) is 5.10 Å². The van der Waals surface area contributed by atoms with Crippen LogP contribution in [0, 0.1) is 12.7 Å². The van der Waals surface area contributed by atoms with Crippen molar-refractivity contribution in [2.45, 2.75) is 6.92 Å². The van der Waals surface area contributed by atoms with Gasteiger partial charge in [0.25, 0.3) is 0 Å². The van der Waals surface area contributed by atoms with Gasteiger partial charge >= 0.3 is 0 Å². The molecule has 0 saturated carbocycles. The Hall–Kier alpha value is -3.02. The molecule has 0 radical (unpaired) electrons. The molecule has 0 heterocycles. The molecule has 0 spiro atoms. The monoisotopic (exact) mass is 313 g/mol. The summed E-state index contributed by atoms with van der Waals surface area (Å²) in [6.45, 7) is 1.97. The molecule has 118 valence electrons. The smallest absolute Gasteiger partial charge is 0.214 e. The lowest BCUT2D eigenvalue weighted by molar-refractivity contribution is 0.106. The number of nitrogens with zero attached hydrogens (tertiary/aromatic N) is 2. The minimum Gasteiger partial charge on any atom is -0.399 e. The van der Waals surface area contributed by atoms with E-state index in [-0.39, 0.29) is 5.71 Å². The van der Waals surface area contributed by atoms with E-state index in [1.807, 2.05) is 31.2 Å². The average molecular weight is 313 g/mol. The fourth-order valence-corrected chi connectivity index (χ4v) is 1.74. The lowest BCUT2D eigenvalue weighted by Gasteiger charge is -2.04. The highest BCUT2D eigenvalue weighted by Gasteiger charge is 2.13. The SMILES string of the molecule is CO/N=C/C(=N\Nc1ccc(C)cc1)C(=O)c1ccc(F)cc1. The number of anilines is 1. The number of oxime groups is 1. The first-order valence-electron chi connectivity index (χ1n) is 6.87. The molecule has 2 rings (SSSR count). The molecule has 0 aliphatic heterocycles. The maximum atomic E-state index is 13.0. The molecule has 0 aliphatic rings.